The molecule has 0 spiro atoms. The summed E-state index contributed by atoms with van der Waals surface area (Å²) in [6.07, 6.45) is -5.04. The van der Waals surface area contributed by atoms with Crippen molar-refractivity contribution in [3.63, 3.8) is 0 Å². The molecule has 0 bridgehead atoms. The zero-order valence-electron chi connectivity index (χ0n) is 7.99. The van der Waals surface area contributed by atoms with Crippen molar-refractivity contribution in [1.29, 1.82) is 0 Å². The van der Waals surface area contributed by atoms with Gasteiger partial charge in [-0.1, -0.05) is 0 Å². The van der Waals surface area contributed by atoms with Crippen molar-refractivity contribution in [2.24, 2.45) is 0 Å². The maximum atomic E-state index is 11.9. The van der Waals surface area contributed by atoms with Gasteiger partial charge in [-0.15, -0.1) is 0 Å². The second kappa shape index (κ2) is 5.34. The molecule has 15 heavy (non-hydrogen) atoms. The number of alkyl halides is 2. The standard InChI is InChI=1S/C8H14F2N2O3/c9-7(10)6(14)3-12-8(15)5-1-4(13)2-11-5/h4-7,11,13-14H,1-3H2,(H,12,15). The topological polar surface area (TPSA) is 81.6 Å². The van der Waals surface area contributed by atoms with Crippen LogP contribution in [-0.2, 0) is 4.79 Å². The van der Waals surface area contributed by atoms with Crippen molar-refractivity contribution in [3.8, 4) is 0 Å². The van der Waals surface area contributed by atoms with E-state index in [-0.39, 0.29) is 6.42 Å². The van der Waals surface area contributed by atoms with Gasteiger partial charge in [-0.05, 0) is 6.42 Å². The van der Waals surface area contributed by atoms with Crippen LogP contribution in [0.15, 0.2) is 0 Å². The first kappa shape index (κ1) is 12.3. The Labute approximate surface area is 85.5 Å². The summed E-state index contributed by atoms with van der Waals surface area (Å²) in [7, 11) is 0. The average molecular weight is 224 g/mol. The third-order valence-electron chi connectivity index (χ3n) is 2.20. The van der Waals surface area contributed by atoms with E-state index in [1.807, 2.05) is 0 Å². The van der Waals surface area contributed by atoms with Gasteiger partial charge < -0.3 is 20.8 Å². The third-order valence-corrected chi connectivity index (χ3v) is 2.20. The molecule has 3 atom stereocenters. The van der Waals surface area contributed by atoms with Gasteiger partial charge in [0.05, 0.1) is 12.1 Å². The highest BCUT2D eigenvalue weighted by atomic mass is 19.3. The Morgan fingerprint density at radius 3 is 2.73 bits per heavy atom. The SMILES string of the molecule is O=C(NCC(O)C(F)F)C1CC(O)CN1. The van der Waals surface area contributed by atoms with Crippen molar-refractivity contribution in [3.05, 3.63) is 0 Å². The number of rotatable bonds is 4. The number of hydrogen-bond donors (Lipinski definition) is 4. The lowest BCUT2D eigenvalue weighted by Gasteiger charge is -2.13. The molecule has 0 aliphatic carbocycles. The normalized spacial score (nSPS) is 28.1. The first-order valence-electron chi connectivity index (χ1n) is 4.66. The predicted molar refractivity (Wildman–Crippen MR) is 47.4 cm³/mol. The Hall–Kier alpha value is -0.790. The van der Waals surface area contributed by atoms with Gasteiger partial charge in [0.1, 0.15) is 6.10 Å². The Balaban J connectivity index is 2.24. The van der Waals surface area contributed by atoms with Crippen LogP contribution < -0.4 is 10.6 Å². The van der Waals surface area contributed by atoms with E-state index in [0.717, 1.165) is 0 Å². The minimum Gasteiger partial charge on any atom is -0.392 e. The van der Waals surface area contributed by atoms with Crippen LogP contribution in [0.1, 0.15) is 6.42 Å². The van der Waals surface area contributed by atoms with Crippen LogP contribution >= 0.6 is 0 Å². The maximum Gasteiger partial charge on any atom is 0.265 e. The number of hydrogen-bond acceptors (Lipinski definition) is 4. The summed E-state index contributed by atoms with van der Waals surface area (Å²) in [6.45, 7) is -0.166. The van der Waals surface area contributed by atoms with E-state index in [9.17, 15) is 13.6 Å². The van der Waals surface area contributed by atoms with Crippen LogP contribution in [0.3, 0.4) is 0 Å². The van der Waals surface area contributed by atoms with Gasteiger partial charge >= 0.3 is 0 Å². The molecule has 0 saturated carbocycles. The molecule has 7 heteroatoms. The van der Waals surface area contributed by atoms with Crippen molar-refractivity contribution >= 4 is 5.91 Å². The van der Waals surface area contributed by atoms with Crippen molar-refractivity contribution < 1.29 is 23.8 Å². The van der Waals surface area contributed by atoms with Gasteiger partial charge in [-0.3, -0.25) is 4.79 Å². The average Bonchev–Trinajstić information content (AvgIpc) is 2.60. The van der Waals surface area contributed by atoms with Crippen molar-refractivity contribution in [2.75, 3.05) is 13.1 Å². The van der Waals surface area contributed by atoms with E-state index in [4.69, 9.17) is 10.2 Å². The molecule has 0 aromatic carbocycles. The Bertz CT molecular complexity index is 228. The van der Waals surface area contributed by atoms with E-state index in [1.165, 1.54) is 0 Å². The van der Waals surface area contributed by atoms with E-state index in [1.54, 1.807) is 0 Å². The van der Waals surface area contributed by atoms with Gasteiger partial charge in [0.2, 0.25) is 5.91 Å². The monoisotopic (exact) mass is 224 g/mol. The molecule has 0 aromatic rings. The second-order valence-electron chi connectivity index (χ2n) is 3.50. The highest BCUT2D eigenvalue weighted by Crippen LogP contribution is 2.06. The molecule has 0 aromatic heterocycles. The van der Waals surface area contributed by atoms with Gasteiger partial charge in [0.15, 0.2) is 0 Å². The summed E-state index contributed by atoms with van der Waals surface area (Å²) in [5, 5.41) is 22.7. The molecule has 1 saturated heterocycles. The molecule has 1 heterocycles. The fraction of sp³-hybridized carbons (Fsp3) is 0.875. The largest absolute Gasteiger partial charge is 0.392 e. The van der Waals surface area contributed by atoms with Crippen molar-refractivity contribution in [2.45, 2.75) is 31.1 Å². The Morgan fingerprint density at radius 1 is 1.60 bits per heavy atom. The van der Waals surface area contributed by atoms with Gasteiger partial charge in [-0.25, -0.2) is 8.78 Å². The maximum absolute atomic E-state index is 11.9. The Morgan fingerprint density at radius 2 is 2.27 bits per heavy atom. The molecule has 1 amide bonds. The predicted octanol–water partition coefficient (Wildman–Crippen LogP) is -1.55. The minimum absolute atomic E-state index is 0.261. The number of amides is 1. The molecule has 88 valence electrons. The van der Waals surface area contributed by atoms with Gasteiger partial charge in [0.25, 0.3) is 6.43 Å². The zero-order valence-corrected chi connectivity index (χ0v) is 7.99. The summed E-state index contributed by atoms with van der Waals surface area (Å²) >= 11 is 0. The number of halogens is 2. The molecule has 1 fully saturated rings. The number of β-amino-alcohol motifs (C(OH)–C–C–N with tert-alkyl or cyclic N) is 1. The van der Waals surface area contributed by atoms with E-state index >= 15 is 0 Å². The number of aliphatic hydroxyl groups is 2. The summed E-state index contributed by atoms with van der Waals surface area (Å²) in [5.41, 5.74) is 0. The molecule has 3 unspecified atom stereocenters. The molecule has 5 nitrogen and oxygen atoms in total. The molecule has 4 N–H and O–H groups in total. The first-order valence-corrected chi connectivity index (χ1v) is 4.66. The lowest BCUT2D eigenvalue weighted by atomic mass is 10.2. The lowest BCUT2D eigenvalue weighted by Crippen LogP contribution is -2.44. The molecule has 0 radical (unpaired) electrons. The lowest BCUT2D eigenvalue weighted by molar-refractivity contribution is -0.123. The fourth-order valence-electron chi connectivity index (χ4n) is 1.33. The molecule has 1 aliphatic heterocycles. The molecular weight excluding hydrogens is 210 g/mol. The van der Waals surface area contributed by atoms with Gasteiger partial charge in [-0.2, -0.15) is 0 Å². The van der Waals surface area contributed by atoms with Crippen LogP contribution in [-0.4, -0.2) is 53.9 Å². The Kier molecular flexibility index (Phi) is 4.37. The zero-order chi connectivity index (χ0) is 11.4. The summed E-state index contributed by atoms with van der Waals surface area (Å²) in [4.78, 5) is 11.3. The fourth-order valence-corrected chi connectivity index (χ4v) is 1.33. The number of carbonyl (C=O) groups is 1. The van der Waals surface area contributed by atoms with Crippen LogP contribution in [0, 0.1) is 0 Å². The van der Waals surface area contributed by atoms with E-state index < -0.39 is 37.1 Å². The number of nitrogens with one attached hydrogen (secondary N) is 2. The highest BCUT2D eigenvalue weighted by molar-refractivity contribution is 5.82. The summed E-state index contributed by atoms with van der Waals surface area (Å²) < 4.78 is 23.7. The molecule has 1 rings (SSSR count). The minimum atomic E-state index is -2.87. The smallest absolute Gasteiger partial charge is 0.265 e. The van der Waals surface area contributed by atoms with Crippen LogP contribution in [0.2, 0.25) is 0 Å². The summed E-state index contributed by atoms with van der Waals surface area (Å²) in [5.74, 6) is -0.480. The molecule has 1 aliphatic rings. The second-order valence-corrected chi connectivity index (χ2v) is 3.50. The van der Waals surface area contributed by atoms with Crippen molar-refractivity contribution in [1.82, 2.24) is 10.6 Å². The molecular formula is C8H14F2N2O3. The van der Waals surface area contributed by atoms with Gasteiger partial charge in [0, 0.05) is 13.1 Å². The third kappa shape index (κ3) is 3.69. The van der Waals surface area contributed by atoms with E-state index in [2.05, 4.69) is 10.6 Å². The van der Waals surface area contributed by atoms with E-state index in [0.29, 0.717) is 6.54 Å². The number of aliphatic hydroxyl groups excluding tert-OH is 2. The van der Waals surface area contributed by atoms with Crippen LogP contribution in [0.25, 0.3) is 0 Å². The van der Waals surface area contributed by atoms with Crippen LogP contribution in [0.4, 0.5) is 8.78 Å². The number of carbonyl (C=O) groups excluding carboxylic acids is 1. The highest BCUT2D eigenvalue weighted by Gasteiger charge is 2.28. The quantitative estimate of drug-likeness (QED) is 0.466. The first-order chi connectivity index (χ1) is 7.00. The van der Waals surface area contributed by atoms with Crippen LogP contribution in [0.5, 0.6) is 0 Å². The summed E-state index contributed by atoms with van der Waals surface area (Å²) in [6, 6.07) is -0.565.